The van der Waals surface area contributed by atoms with Gasteiger partial charge in [0, 0.05) is 11.4 Å². The van der Waals surface area contributed by atoms with Crippen molar-refractivity contribution in [3.63, 3.8) is 0 Å². The van der Waals surface area contributed by atoms with Gasteiger partial charge in [0.05, 0.1) is 5.56 Å². The molecule has 0 spiro atoms. The van der Waals surface area contributed by atoms with E-state index < -0.39 is 24.3 Å². The van der Waals surface area contributed by atoms with E-state index in [0.29, 0.717) is 5.69 Å². The number of nitrogen functional groups attached to an aromatic ring is 1. The zero-order valence-electron chi connectivity index (χ0n) is 13.0. The standard InChI is InChI=1S/C18H17FN2O3/c19-13-5-7-15(16(20)9-13)18(23)24-10-17(22)21-14-6-4-11-2-1-3-12(11)8-14/h4-9H,1-3,10,20H2,(H,21,22). The third-order valence-electron chi connectivity index (χ3n) is 3.95. The minimum atomic E-state index is -0.767. The monoisotopic (exact) mass is 328 g/mol. The van der Waals surface area contributed by atoms with Crippen molar-refractivity contribution in [1.29, 1.82) is 0 Å². The number of halogens is 1. The first kappa shape index (κ1) is 16.0. The summed E-state index contributed by atoms with van der Waals surface area (Å²) in [6.45, 7) is -0.438. The molecular formula is C18H17FN2O3. The van der Waals surface area contributed by atoms with E-state index in [4.69, 9.17) is 10.5 Å². The zero-order valence-corrected chi connectivity index (χ0v) is 13.0. The van der Waals surface area contributed by atoms with E-state index in [2.05, 4.69) is 5.32 Å². The Bertz CT molecular complexity index is 805. The minimum Gasteiger partial charge on any atom is -0.452 e. The van der Waals surface area contributed by atoms with E-state index in [1.165, 1.54) is 17.2 Å². The molecule has 6 heteroatoms. The van der Waals surface area contributed by atoms with Gasteiger partial charge in [0.1, 0.15) is 5.82 Å². The number of hydrogen-bond donors (Lipinski definition) is 2. The zero-order chi connectivity index (χ0) is 17.1. The van der Waals surface area contributed by atoms with Gasteiger partial charge in [-0.3, -0.25) is 4.79 Å². The van der Waals surface area contributed by atoms with Crippen LogP contribution in [0.2, 0.25) is 0 Å². The second-order valence-corrected chi connectivity index (χ2v) is 5.69. The number of anilines is 2. The fraction of sp³-hybridized carbons (Fsp3) is 0.222. The Labute approximate surface area is 138 Å². The summed E-state index contributed by atoms with van der Waals surface area (Å²) in [5.74, 6) is -1.75. The molecule has 24 heavy (non-hydrogen) atoms. The quantitative estimate of drug-likeness (QED) is 0.668. The number of carbonyl (C=O) groups is 2. The molecule has 1 aliphatic carbocycles. The highest BCUT2D eigenvalue weighted by molar-refractivity contribution is 5.98. The number of nitrogens with one attached hydrogen (secondary N) is 1. The highest BCUT2D eigenvalue weighted by Gasteiger charge is 2.15. The Hall–Kier alpha value is -2.89. The molecule has 0 fully saturated rings. The highest BCUT2D eigenvalue weighted by Crippen LogP contribution is 2.24. The number of fused-ring (bicyclic) bond motifs is 1. The van der Waals surface area contributed by atoms with Crippen molar-refractivity contribution < 1.29 is 18.7 Å². The van der Waals surface area contributed by atoms with Crippen LogP contribution in [0.25, 0.3) is 0 Å². The Morgan fingerprint density at radius 1 is 1.12 bits per heavy atom. The van der Waals surface area contributed by atoms with E-state index in [1.807, 2.05) is 18.2 Å². The third-order valence-corrected chi connectivity index (χ3v) is 3.95. The average Bonchev–Trinajstić information content (AvgIpc) is 3.00. The molecule has 2 aromatic carbocycles. The van der Waals surface area contributed by atoms with Crippen LogP contribution < -0.4 is 11.1 Å². The molecule has 0 saturated carbocycles. The summed E-state index contributed by atoms with van der Waals surface area (Å²) < 4.78 is 17.9. The molecule has 0 bridgehead atoms. The van der Waals surface area contributed by atoms with Crippen LogP contribution >= 0.6 is 0 Å². The fourth-order valence-electron chi connectivity index (χ4n) is 2.77. The van der Waals surface area contributed by atoms with Gasteiger partial charge in [-0.2, -0.15) is 0 Å². The largest absolute Gasteiger partial charge is 0.452 e. The molecule has 0 aromatic heterocycles. The summed E-state index contributed by atoms with van der Waals surface area (Å²) in [6, 6.07) is 9.15. The van der Waals surface area contributed by atoms with Gasteiger partial charge < -0.3 is 15.8 Å². The van der Waals surface area contributed by atoms with Crippen LogP contribution in [0.5, 0.6) is 0 Å². The Morgan fingerprint density at radius 3 is 2.71 bits per heavy atom. The molecule has 1 aliphatic rings. The van der Waals surface area contributed by atoms with Crippen molar-refractivity contribution in [3.05, 3.63) is 58.9 Å². The summed E-state index contributed by atoms with van der Waals surface area (Å²) in [7, 11) is 0. The topological polar surface area (TPSA) is 81.4 Å². The first-order valence-electron chi connectivity index (χ1n) is 7.67. The molecule has 0 radical (unpaired) electrons. The van der Waals surface area contributed by atoms with Crippen LogP contribution in [0.3, 0.4) is 0 Å². The van der Waals surface area contributed by atoms with Gasteiger partial charge in [0.15, 0.2) is 6.61 Å². The fourth-order valence-corrected chi connectivity index (χ4v) is 2.77. The molecule has 0 unspecified atom stereocenters. The Kier molecular flexibility index (Phi) is 4.46. The van der Waals surface area contributed by atoms with Crippen molar-refractivity contribution in [1.82, 2.24) is 0 Å². The molecule has 1 amide bonds. The molecular weight excluding hydrogens is 311 g/mol. The van der Waals surface area contributed by atoms with Crippen LogP contribution in [0, 0.1) is 5.82 Å². The van der Waals surface area contributed by atoms with Crippen LogP contribution in [0.1, 0.15) is 27.9 Å². The number of ether oxygens (including phenoxy) is 1. The smallest absolute Gasteiger partial charge is 0.340 e. The van der Waals surface area contributed by atoms with Gasteiger partial charge in [-0.05, 0) is 60.7 Å². The van der Waals surface area contributed by atoms with Crippen molar-refractivity contribution >= 4 is 23.3 Å². The molecule has 3 N–H and O–H groups in total. The third kappa shape index (κ3) is 3.53. The number of carbonyl (C=O) groups excluding carboxylic acids is 2. The van der Waals surface area contributed by atoms with Crippen LogP contribution in [0.15, 0.2) is 36.4 Å². The number of nitrogens with two attached hydrogens (primary N) is 1. The van der Waals surface area contributed by atoms with Gasteiger partial charge in [-0.25, -0.2) is 9.18 Å². The average molecular weight is 328 g/mol. The number of esters is 1. The van der Waals surface area contributed by atoms with E-state index in [0.717, 1.165) is 31.4 Å². The minimum absolute atomic E-state index is 0.0287. The number of hydrogen-bond acceptors (Lipinski definition) is 4. The molecule has 0 heterocycles. The molecule has 2 aromatic rings. The van der Waals surface area contributed by atoms with Crippen molar-refractivity contribution in [3.8, 4) is 0 Å². The van der Waals surface area contributed by atoms with Crippen molar-refractivity contribution in [2.24, 2.45) is 0 Å². The molecule has 3 rings (SSSR count). The second-order valence-electron chi connectivity index (χ2n) is 5.69. The van der Waals surface area contributed by atoms with Crippen molar-refractivity contribution in [2.45, 2.75) is 19.3 Å². The van der Waals surface area contributed by atoms with Gasteiger partial charge in [-0.15, -0.1) is 0 Å². The maximum absolute atomic E-state index is 13.0. The predicted octanol–water partition coefficient (Wildman–Crippen LogP) is 2.69. The van der Waals surface area contributed by atoms with Crippen LogP contribution in [-0.2, 0) is 22.4 Å². The maximum atomic E-state index is 13.0. The summed E-state index contributed by atoms with van der Waals surface area (Å²) in [6.07, 6.45) is 3.21. The van der Waals surface area contributed by atoms with Gasteiger partial charge in [0.25, 0.3) is 5.91 Å². The first-order chi connectivity index (χ1) is 11.5. The Balaban J connectivity index is 1.56. The lowest BCUT2D eigenvalue weighted by atomic mass is 10.1. The predicted molar refractivity (Wildman–Crippen MR) is 88.2 cm³/mol. The van der Waals surface area contributed by atoms with Crippen LogP contribution in [-0.4, -0.2) is 18.5 Å². The Morgan fingerprint density at radius 2 is 1.92 bits per heavy atom. The number of benzene rings is 2. The van der Waals surface area contributed by atoms with E-state index in [9.17, 15) is 14.0 Å². The van der Waals surface area contributed by atoms with Crippen LogP contribution in [0.4, 0.5) is 15.8 Å². The summed E-state index contributed by atoms with van der Waals surface area (Å²) >= 11 is 0. The number of rotatable bonds is 4. The van der Waals surface area contributed by atoms with E-state index in [-0.39, 0.29) is 11.3 Å². The lowest BCUT2D eigenvalue weighted by Gasteiger charge is -2.09. The molecule has 0 aliphatic heterocycles. The summed E-state index contributed by atoms with van der Waals surface area (Å²) in [5, 5.41) is 2.69. The molecule has 5 nitrogen and oxygen atoms in total. The number of aryl methyl sites for hydroxylation is 2. The molecule has 0 atom stereocenters. The lowest BCUT2D eigenvalue weighted by molar-refractivity contribution is -0.119. The van der Waals surface area contributed by atoms with Gasteiger partial charge >= 0.3 is 5.97 Å². The first-order valence-corrected chi connectivity index (χ1v) is 7.67. The molecule has 0 saturated heterocycles. The van der Waals surface area contributed by atoms with Gasteiger partial charge in [0.2, 0.25) is 0 Å². The van der Waals surface area contributed by atoms with Crippen molar-refractivity contribution in [2.75, 3.05) is 17.7 Å². The highest BCUT2D eigenvalue weighted by atomic mass is 19.1. The normalized spacial score (nSPS) is 12.5. The maximum Gasteiger partial charge on any atom is 0.340 e. The number of amides is 1. The van der Waals surface area contributed by atoms with E-state index in [1.54, 1.807) is 0 Å². The lowest BCUT2D eigenvalue weighted by Crippen LogP contribution is -2.21. The second kappa shape index (κ2) is 6.70. The van der Waals surface area contributed by atoms with Gasteiger partial charge in [-0.1, -0.05) is 6.07 Å². The molecule has 124 valence electrons. The SMILES string of the molecule is Nc1cc(F)ccc1C(=O)OCC(=O)Nc1ccc2c(c1)CCC2. The van der Waals surface area contributed by atoms with E-state index >= 15 is 0 Å². The summed E-state index contributed by atoms with van der Waals surface area (Å²) in [5.41, 5.74) is 8.79. The summed E-state index contributed by atoms with van der Waals surface area (Å²) in [4.78, 5) is 23.8.